The number of hydrogen-bond acceptors (Lipinski definition) is 2. The summed E-state index contributed by atoms with van der Waals surface area (Å²) >= 11 is 0. The molecule has 2 heteroatoms. The highest BCUT2D eigenvalue weighted by Crippen LogP contribution is 2.16. The summed E-state index contributed by atoms with van der Waals surface area (Å²) in [6, 6.07) is 0. The van der Waals surface area contributed by atoms with Crippen LogP contribution in [-0.2, 0) is 9.47 Å². The fourth-order valence-electron chi connectivity index (χ4n) is 0.908. The molecule has 0 aromatic heterocycles. The largest absolute Gasteiger partial charge is 0.467 e. The van der Waals surface area contributed by atoms with Crippen molar-refractivity contribution in [2.75, 3.05) is 13.4 Å². The van der Waals surface area contributed by atoms with Crippen LogP contribution >= 0.6 is 0 Å². The van der Waals surface area contributed by atoms with Crippen LogP contribution in [0.3, 0.4) is 0 Å². The molecule has 1 heterocycles. The molecule has 1 aliphatic heterocycles. The van der Waals surface area contributed by atoms with Crippen molar-refractivity contribution in [1.29, 1.82) is 0 Å². The quantitative estimate of drug-likeness (QED) is 0.652. The van der Waals surface area contributed by atoms with Gasteiger partial charge in [0.05, 0.1) is 6.61 Å². The van der Waals surface area contributed by atoms with Crippen LogP contribution in [0, 0.1) is 0 Å². The van der Waals surface area contributed by atoms with E-state index in [1.165, 1.54) is 0 Å². The van der Waals surface area contributed by atoms with Gasteiger partial charge in [0.1, 0.15) is 5.76 Å². The molecule has 0 aliphatic carbocycles. The van der Waals surface area contributed by atoms with E-state index in [1.54, 1.807) is 6.08 Å². The summed E-state index contributed by atoms with van der Waals surface area (Å²) in [6.07, 6.45) is 5.54. The van der Waals surface area contributed by atoms with Crippen molar-refractivity contribution in [3.63, 3.8) is 0 Å². The molecule has 0 atom stereocenters. The zero-order valence-corrected chi connectivity index (χ0v) is 10.7. The van der Waals surface area contributed by atoms with Gasteiger partial charge >= 0.3 is 0 Å². The van der Waals surface area contributed by atoms with Crippen LogP contribution < -0.4 is 0 Å². The van der Waals surface area contributed by atoms with E-state index in [0.29, 0.717) is 13.4 Å². The third kappa shape index (κ3) is 6.97. The lowest BCUT2D eigenvalue weighted by atomic mass is 10.2. The number of ether oxygens (including phenoxy) is 2. The Balaban J connectivity index is 0. The van der Waals surface area contributed by atoms with Gasteiger partial charge in [0, 0.05) is 5.57 Å². The maximum absolute atomic E-state index is 5.22. The van der Waals surface area contributed by atoms with Crippen molar-refractivity contribution < 1.29 is 9.47 Å². The zero-order chi connectivity index (χ0) is 12.1. The lowest BCUT2D eigenvalue weighted by molar-refractivity contribution is -0.0368. The van der Waals surface area contributed by atoms with Gasteiger partial charge in [-0.1, -0.05) is 46.4 Å². The van der Waals surface area contributed by atoms with Crippen LogP contribution in [0.5, 0.6) is 0 Å². The summed E-state index contributed by atoms with van der Waals surface area (Å²) in [5, 5.41) is 0. The smallest absolute Gasteiger partial charge is 0.189 e. The molecule has 0 N–H and O–H groups in total. The van der Waals surface area contributed by atoms with Crippen LogP contribution in [-0.4, -0.2) is 13.4 Å². The van der Waals surface area contributed by atoms with E-state index >= 15 is 0 Å². The predicted octanol–water partition coefficient (Wildman–Crippen LogP) is 4.06. The fraction of sp³-hybridized carbons (Fsp3) is 0.538. The SMILES string of the molecule is C=C/C=C1/OCOC/C1=C/C.CC.CC. The third-order valence-corrected chi connectivity index (χ3v) is 1.49. The maximum Gasteiger partial charge on any atom is 0.189 e. The van der Waals surface area contributed by atoms with Gasteiger partial charge in [0.25, 0.3) is 0 Å². The van der Waals surface area contributed by atoms with Crippen LogP contribution in [0.25, 0.3) is 0 Å². The van der Waals surface area contributed by atoms with Crippen molar-refractivity contribution in [3.05, 3.63) is 36.1 Å². The highest BCUT2D eigenvalue weighted by atomic mass is 16.7. The molecule has 1 saturated heterocycles. The summed E-state index contributed by atoms with van der Waals surface area (Å²) in [5.74, 6) is 0.869. The van der Waals surface area contributed by atoms with Gasteiger partial charge < -0.3 is 9.47 Å². The molecule has 0 unspecified atom stereocenters. The van der Waals surface area contributed by atoms with Crippen molar-refractivity contribution in [2.24, 2.45) is 0 Å². The summed E-state index contributed by atoms with van der Waals surface area (Å²) in [6.45, 7) is 14.5. The molecule has 0 saturated carbocycles. The van der Waals surface area contributed by atoms with Crippen LogP contribution in [0.15, 0.2) is 36.1 Å². The average molecular weight is 212 g/mol. The normalized spacial score (nSPS) is 19.3. The Morgan fingerprint density at radius 1 is 1.20 bits per heavy atom. The molecule has 88 valence electrons. The molecule has 0 amide bonds. The first kappa shape index (κ1) is 16.4. The second kappa shape index (κ2) is 13.0. The Morgan fingerprint density at radius 2 is 1.80 bits per heavy atom. The number of rotatable bonds is 1. The minimum atomic E-state index is 0.344. The molecular weight excluding hydrogens is 188 g/mol. The van der Waals surface area contributed by atoms with E-state index in [1.807, 2.05) is 46.8 Å². The van der Waals surface area contributed by atoms with E-state index in [0.717, 1.165) is 11.3 Å². The molecule has 1 aliphatic rings. The maximum atomic E-state index is 5.22. The predicted molar refractivity (Wildman–Crippen MR) is 66.6 cm³/mol. The lowest BCUT2D eigenvalue weighted by Crippen LogP contribution is -2.13. The average Bonchev–Trinajstić information content (AvgIpc) is 2.35. The van der Waals surface area contributed by atoms with Crippen LogP contribution in [0.2, 0.25) is 0 Å². The third-order valence-electron chi connectivity index (χ3n) is 1.49. The molecule has 0 bridgehead atoms. The lowest BCUT2D eigenvalue weighted by Gasteiger charge is -2.19. The summed E-state index contributed by atoms with van der Waals surface area (Å²) in [4.78, 5) is 0. The van der Waals surface area contributed by atoms with Gasteiger partial charge in [0.15, 0.2) is 6.79 Å². The molecule has 1 rings (SSSR count). The minimum Gasteiger partial charge on any atom is -0.467 e. The van der Waals surface area contributed by atoms with Crippen molar-refractivity contribution in [2.45, 2.75) is 34.6 Å². The van der Waals surface area contributed by atoms with Crippen LogP contribution in [0.4, 0.5) is 0 Å². The number of hydrogen-bond donors (Lipinski definition) is 0. The first-order valence-corrected chi connectivity index (χ1v) is 5.57. The van der Waals surface area contributed by atoms with E-state index in [2.05, 4.69) is 6.58 Å². The van der Waals surface area contributed by atoms with Crippen molar-refractivity contribution in [1.82, 2.24) is 0 Å². The Kier molecular flexibility index (Phi) is 14.2. The van der Waals surface area contributed by atoms with Gasteiger partial charge in [-0.2, -0.15) is 0 Å². The van der Waals surface area contributed by atoms with Crippen LogP contribution in [0.1, 0.15) is 34.6 Å². The Hall–Kier alpha value is -1.02. The van der Waals surface area contributed by atoms with Crippen molar-refractivity contribution >= 4 is 0 Å². The highest BCUT2D eigenvalue weighted by Gasteiger charge is 2.10. The Labute approximate surface area is 94.3 Å². The van der Waals surface area contributed by atoms with Crippen molar-refractivity contribution in [3.8, 4) is 0 Å². The Bertz CT molecular complexity index is 203. The standard InChI is InChI=1S/C9H12O2.2C2H6/c1-3-5-9-8(4-2)6-10-7-11-9;2*1-2/h3-5H,1,6-7H2,2H3;2*1-2H3/b8-4-,9-5+;;. The van der Waals surface area contributed by atoms with Gasteiger partial charge in [0.2, 0.25) is 0 Å². The van der Waals surface area contributed by atoms with E-state index in [9.17, 15) is 0 Å². The van der Waals surface area contributed by atoms with E-state index in [-0.39, 0.29) is 0 Å². The summed E-state index contributed by atoms with van der Waals surface area (Å²) in [7, 11) is 0. The summed E-state index contributed by atoms with van der Waals surface area (Å²) in [5.41, 5.74) is 1.08. The van der Waals surface area contributed by atoms with E-state index in [4.69, 9.17) is 9.47 Å². The first-order chi connectivity index (χ1) is 7.38. The highest BCUT2D eigenvalue weighted by molar-refractivity contribution is 5.29. The second-order valence-corrected chi connectivity index (χ2v) is 2.19. The first-order valence-electron chi connectivity index (χ1n) is 5.57. The monoisotopic (exact) mass is 212 g/mol. The van der Waals surface area contributed by atoms with Gasteiger partial charge in [-0.25, -0.2) is 0 Å². The molecule has 2 nitrogen and oxygen atoms in total. The molecule has 0 radical (unpaired) electrons. The number of allylic oxidation sites excluding steroid dienone is 3. The van der Waals surface area contributed by atoms with Gasteiger partial charge in [-0.15, -0.1) is 0 Å². The minimum absolute atomic E-state index is 0.344. The molecule has 0 aromatic carbocycles. The zero-order valence-electron chi connectivity index (χ0n) is 10.7. The topological polar surface area (TPSA) is 18.5 Å². The molecule has 1 fully saturated rings. The van der Waals surface area contributed by atoms with E-state index < -0.39 is 0 Å². The fourth-order valence-corrected chi connectivity index (χ4v) is 0.908. The molecule has 15 heavy (non-hydrogen) atoms. The Morgan fingerprint density at radius 3 is 2.27 bits per heavy atom. The molecular formula is C13H24O2. The van der Waals surface area contributed by atoms with Gasteiger partial charge in [-0.05, 0) is 13.0 Å². The van der Waals surface area contributed by atoms with Gasteiger partial charge in [-0.3, -0.25) is 0 Å². The molecule has 0 spiro atoms. The molecule has 0 aromatic rings. The second-order valence-electron chi connectivity index (χ2n) is 2.19. The summed E-state index contributed by atoms with van der Waals surface area (Å²) < 4.78 is 10.3.